The van der Waals surface area contributed by atoms with Gasteiger partial charge < -0.3 is 5.11 Å². The van der Waals surface area contributed by atoms with Crippen LogP contribution in [0.2, 0.25) is 0 Å². The highest BCUT2D eigenvalue weighted by Crippen LogP contribution is 2.21. The van der Waals surface area contributed by atoms with E-state index in [1.165, 1.54) is 6.07 Å². The van der Waals surface area contributed by atoms with Gasteiger partial charge in [0.25, 0.3) is 5.91 Å². The van der Waals surface area contributed by atoms with E-state index < -0.39 is 18.6 Å². The predicted molar refractivity (Wildman–Crippen MR) is 64.4 cm³/mol. The summed E-state index contributed by atoms with van der Waals surface area (Å²) in [6.45, 7) is -1.54. The Kier molecular flexibility index (Phi) is 5.73. The summed E-state index contributed by atoms with van der Waals surface area (Å²) in [6, 6.07) is 3.06. The molecule has 0 bridgehead atoms. The quantitative estimate of drug-likeness (QED) is 0.410. The molecule has 0 radical (unpaired) electrons. The van der Waals surface area contributed by atoms with E-state index in [1.807, 2.05) is 5.43 Å². The topological polar surface area (TPSA) is 78.6 Å². The molecule has 0 aliphatic rings. The molecule has 0 aliphatic carbocycles. The number of alkyl halides is 3. The summed E-state index contributed by atoms with van der Waals surface area (Å²) in [7, 11) is 0. The van der Waals surface area contributed by atoms with E-state index in [4.69, 9.17) is 10.9 Å². The van der Waals surface area contributed by atoms with Gasteiger partial charge in [-0.05, 0) is 12.1 Å². The second-order valence-corrected chi connectivity index (χ2v) is 4.96. The van der Waals surface area contributed by atoms with Crippen molar-refractivity contribution in [2.24, 2.45) is 5.84 Å². The first-order valence-electron chi connectivity index (χ1n) is 5.35. The Labute approximate surface area is 111 Å². The lowest BCUT2D eigenvalue weighted by Gasteiger charge is -2.21. The largest absolute Gasteiger partial charge is 0.401 e. The monoisotopic (exact) mass is 297 g/mol. The summed E-state index contributed by atoms with van der Waals surface area (Å²) < 4.78 is 37.0. The van der Waals surface area contributed by atoms with Gasteiger partial charge in [0.1, 0.15) is 0 Å². The van der Waals surface area contributed by atoms with Crippen molar-refractivity contribution in [3.8, 4) is 0 Å². The second-order valence-electron chi connectivity index (χ2n) is 3.79. The molecule has 108 valence electrons. The number of hydrogen-bond donors (Lipinski definition) is 3. The number of thiophene rings is 1. The third kappa shape index (κ3) is 5.55. The predicted octanol–water partition coefficient (Wildman–Crippen LogP) is 0.708. The number of nitrogens with zero attached hydrogens (tertiary/aromatic N) is 1. The number of hydrogen-bond acceptors (Lipinski definition) is 5. The standard InChI is InChI=1S/C10H14F3N3O2S/c11-10(12,13)6-16(3-4-17)5-7-1-2-8(19-7)9(18)15-14/h1-2,17H,3-6,14H2,(H,15,18). The van der Waals surface area contributed by atoms with E-state index in [2.05, 4.69) is 0 Å². The number of rotatable bonds is 6. The summed E-state index contributed by atoms with van der Waals surface area (Å²) in [4.78, 5) is 13.2. The van der Waals surface area contributed by atoms with E-state index in [-0.39, 0.29) is 19.7 Å². The second kappa shape index (κ2) is 6.85. The zero-order chi connectivity index (χ0) is 14.5. The molecule has 0 saturated carbocycles. The van der Waals surface area contributed by atoms with Crippen LogP contribution in [0.4, 0.5) is 13.2 Å². The molecule has 1 aromatic rings. The van der Waals surface area contributed by atoms with Gasteiger partial charge in [-0.1, -0.05) is 0 Å². The SMILES string of the molecule is NNC(=O)c1ccc(CN(CCO)CC(F)(F)F)s1. The van der Waals surface area contributed by atoms with Crippen molar-refractivity contribution in [2.75, 3.05) is 19.7 Å². The maximum absolute atomic E-state index is 12.3. The van der Waals surface area contributed by atoms with Crippen molar-refractivity contribution < 1.29 is 23.1 Å². The number of aliphatic hydroxyl groups excluding tert-OH is 1. The van der Waals surface area contributed by atoms with Gasteiger partial charge in [-0.25, -0.2) is 5.84 Å². The van der Waals surface area contributed by atoms with Gasteiger partial charge in [0.2, 0.25) is 0 Å². The Hall–Kier alpha value is -1.16. The van der Waals surface area contributed by atoms with Gasteiger partial charge in [-0.3, -0.25) is 15.1 Å². The van der Waals surface area contributed by atoms with Crippen LogP contribution >= 0.6 is 11.3 Å². The first-order chi connectivity index (χ1) is 8.85. The average molecular weight is 297 g/mol. The molecule has 0 aromatic carbocycles. The van der Waals surface area contributed by atoms with Gasteiger partial charge in [-0.2, -0.15) is 13.2 Å². The lowest BCUT2D eigenvalue weighted by atomic mass is 10.3. The number of hydrazine groups is 1. The molecule has 1 aromatic heterocycles. The van der Waals surface area contributed by atoms with E-state index >= 15 is 0 Å². The molecule has 9 heteroatoms. The van der Waals surface area contributed by atoms with Crippen LogP contribution in [0.1, 0.15) is 14.5 Å². The molecule has 0 aliphatic heterocycles. The number of aliphatic hydroxyl groups is 1. The van der Waals surface area contributed by atoms with Crippen molar-refractivity contribution >= 4 is 17.2 Å². The number of amides is 1. The van der Waals surface area contributed by atoms with Crippen LogP contribution < -0.4 is 11.3 Å². The Morgan fingerprint density at radius 1 is 1.47 bits per heavy atom. The minimum absolute atomic E-state index is 0.0165. The lowest BCUT2D eigenvalue weighted by molar-refractivity contribution is -0.147. The van der Waals surface area contributed by atoms with Gasteiger partial charge in [-0.15, -0.1) is 11.3 Å². The number of nitrogens with one attached hydrogen (secondary N) is 1. The molecule has 19 heavy (non-hydrogen) atoms. The van der Waals surface area contributed by atoms with Crippen LogP contribution in [0.5, 0.6) is 0 Å². The zero-order valence-corrected chi connectivity index (χ0v) is 10.7. The third-order valence-electron chi connectivity index (χ3n) is 2.22. The molecule has 0 atom stereocenters. The first kappa shape index (κ1) is 15.9. The molecule has 1 heterocycles. The van der Waals surface area contributed by atoms with Crippen LogP contribution in [0.15, 0.2) is 12.1 Å². The van der Waals surface area contributed by atoms with Crippen LogP contribution in [-0.2, 0) is 6.54 Å². The van der Waals surface area contributed by atoms with Crippen molar-refractivity contribution in [3.63, 3.8) is 0 Å². The Morgan fingerprint density at radius 2 is 2.16 bits per heavy atom. The highest BCUT2D eigenvalue weighted by molar-refractivity contribution is 7.14. The normalized spacial score (nSPS) is 11.9. The van der Waals surface area contributed by atoms with Crippen molar-refractivity contribution in [1.82, 2.24) is 10.3 Å². The maximum atomic E-state index is 12.3. The average Bonchev–Trinajstić information content (AvgIpc) is 2.74. The number of nitrogens with two attached hydrogens (primary N) is 1. The van der Waals surface area contributed by atoms with Crippen LogP contribution in [0.25, 0.3) is 0 Å². The summed E-state index contributed by atoms with van der Waals surface area (Å²) >= 11 is 1.06. The summed E-state index contributed by atoms with van der Waals surface area (Å²) in [5.74, 6) is 4.48. The first-order valence-corrected chi connectivity index (χ1v) is 6.17. The van der Waals surface area contributed by atoms with Crippen LogP contribution in [-0.4, -0.2) is 41.8 Å². The minimum atomic E-state index is -4.33. The highest BCUT2D eigenvalue weighted by atomic mass is 32.1. The Morgan fingerprint density at radius 3 is 2.68 bits per heavy atom. The molecule has 1 amide bonds. The molecule has 4 N–H and O–H groups in total. The van der Waals surface area contributed by atoms with Crippen molar-refractivity contribution in [2.45, 2.75) is 12.7 Å². The number of nitrogen functional groups attached to an aromatic ring is 1. The molecule has 0 fully saturated rings. The Balaban J connectivity index is 2.68. The minimum Gasteiger partial charge on any atom is -0.395 e. The lowest BCUT2D eigenvalue weighted by Crippen LogP contribution is -2.35. The number of halogens is 3. The highest BCUT2D eigenvalue weighted by Gasteiger charge is 2.30. The van der Waals surface area contributed by atoms with Crippen molar-refractivity contribution in [3.05, 3.63) is 21.9 Å². The van der Waals surface area contributed by atoms with Crippen molar-refractivity contribution in [1.29, 1.82) is 0 Å². The molecule has 5 nitrogen and oxygen atoms in total. The summed E-state index contributed by atoms with van der Waals surface area (Å²) in [5, 5.41) is 8.76. The molecular weight excluding hydrogens is 283 g/mol. The van der Waals surface area contributed by atoms with Gasteiger partial charge >= 0.3 is 6.18 Å². The fourth-order valence-corrected chi connectivity index (χ4v) is 2.44. The number of carbonyl (C=O) groups is 1. The molecule has 1 rings (SSSR count). The molecular formula is C10H14F3N3O2S. The fraction of sp³-hybridized carbons (Fsp3) is 0.500. The Bertz CT molecular complexity index is 422. The fourth-order valence-electron chi connectivity index (χ4n) is 1.49. The number of carbonyl (C=O) groups excluding carboxylic acids is 1. The molecule has 0 unspecified atom stereocenters. The summed E-state index contributed by atoms with van der Waals surface area (Å²) in [5.41, 5.74) is 1.95. The zero-order valence-electron chi connectivity index (χ0n) is 9.91. The smallest absolute Gasteiger partial charge is 0.395 e. The third-order valence-corrected chi connectivity index (χ3v) is 3.28. The van der Waals surface area contributed by atoms with E-state index in [0.29, 0.717) is 9.75 Å². The van der Waals surface area contributed by atoms with Gasteiger partial charge in [0, 0.05) is 18.0 Å². The van der Waals surface area contributed by atoms with E-state index in [0.717, 1.165) is 16.2 Å². The van der Waals surface area contributed by atoms with E-state index in [9.17, 15) is 18.0 Å². The van der Waals surface area contributed by atoms with Crippen LogP contribution in [0, 0.1) is 0 Å². The van der Waals surface area contributed by atoms with E-state index in [1.54, 1.807) is 6.07 Å². The molecule has 0 saturated heterocycles. The van der Waals surface area contributed by atoms with Crippen LogP contribution in [0.3, 0.4) is 0 Å². The maximum Gasteiger partial charge on any atom is 0.401 e. The summed E-state index contributed by atoms with van der Waals surface area (Å²) in [6.07, 6.45) is -4.33. The molecule has 0 spiro atoms. The van der Waals surface area contributed by atoms with Gasteiger partial charge in [0.15, 0.2) is 0 Å². The van der Waals surface area contributed by atoms with Gasteiger partial charge in [0.05, 0.1) is 18.0 Å².